The molecule has 1 saturated heterocycles. The lowest BCUT2D eigenvalue weighted by molar-refractivity contribution is 0.102. The molecule has 1 aliphatic rings. The predicted molar refractivity (Wildman–Crippen MR) is 133 cm³/mol. The molecular weight excluding hydrogens is 472 g/mol. The molecule has 0 spiro atoms. The number of aryl methyl sites for hydroxylation is 2. The largest absolute Gasteiger partial charge is 0.317 e. The molecule has 34 heavy (non-hydrogen) atoms. The summed E-state index contributed by atoms with van der Waals surface area (Å²) in [5, 5.41) is 10.0. The van der Waals surface area contributed by atoms with Gasteiger partial charge in [0, 0.05) is 36.3 Å². The van der Waals surface area contributed by atoms with Gasteiger partial charge in [-0.15, -0.1) is 11.3 Å². The average Bonchev–Trinajstić information content (AvgIpc) is 3.45. The summed E-state index contributed by atoms with van der Waals surface area (Å²) in [6.07, 6.45) is 4.64. The van der Waals surface area contributed by atoms with Gasteiger partial charge in [-0.2, -0.15) is 5.10 Å². The van der Waals surface area contributed by atoms with Crippen LogP contribution in [-0.4, -0.2) is 57.2 Å². The first kappa shape index (κ1) is 24.5. The van der Waals surface area contributed by atoms with Gasteiger partial charge >= 0.3 is 0 Å². The molecule has 0 aliphatic carbocycles. The van der Waals surface area contributed by atoms with E-state index in [9.17, 15) is 13.2 Å². The van der Waals surface area contributed by atoms with E-state index < -0.39 is 10.0 Å². The number of sulfonamides is 1. The minimum Gasteiger partial charge on any atom is -0.317 e. The Morgan fingerprint density at radius 2 is 2.03 bits per heavy atom. The van der Waals surface area contributed by atoms with Crippen molar-refractivity contribution in [1.82, 2.24) is 24.1 Å². The van der Waals surface area contributed by atoms with E-state index in [1.807, 2.05) is 26.8 Å². The zero-order chi connectivity index (χ0) is 24.3. The van der Waals surface area contributed by atoms with Crippen LogP contribution in [0, 0.1) is 13.8 Å². The quantitative estimate of drug-likeness (QED) is 0.500. The van der Waals surface area contributed by atoms with Crippen LogP contribution in [0.15, 0.2) is 29.8 Å². The van der Waals surface area contributed by atoms with E-state index in [1.54, 1.807) is 32.7 Å². The van der Waals surface area contributed by atoms with E-state index in [-0.39, 0.29) is 17.6 Å². The molecule has 0 unspecified atom stereocenters. The van der Waals surface area contributed by atoms with Crippen LogP contribution >= 0.6 is 11.3 Å². The number of piperidine rings is 1. The Hall–Kier alpha value is -2.63. The van der Waals surface area contributed by atoms with E-state index in [2.05, 4.69) is 20.4 Å². The molecule has 0 bridgehead atoms. The number of carbonyl (C=O) groups excluding carboxylic acids is 1. The molecule has 1 amide bonds. The number of amides is 1. The van der Waals surface area contributed by atoms with Crippen molar-refractivity contribution in [3.05, 3.63) is 51.9 Å². The Labute approximate surface area is 204 Å². The third-order valence-electron chi connectivity index (χ3n) is 5.95. The highest BCUT2D eigenvalue weighted by molar-refractivity contribution is 7.89. The molecular formula is C23H30N6O3S2. The fourth-order valence-electron chi connectivity index (χ4n) is 4.11. The summed E-state index contributed by atoms with van der Waals surface area (Å²) >= 11 is 1.45. The average molecular weight is 503 g/mol. The summed E-state index contributed by atoms with van der Waals surface area (Å²) in [5.41, 5.74) is 2.69. The van der Waals surface area contributed by atoms with Gasteiger partial charge in [0.25, 0.3) is 5.91 Å². The van der Waals surface area contributed by atoms with E-state index in [1.165, 1.54) is 11.3 Å². The molecule has 1 N–H and O–H groups in total. The second kappa shape index (κ2) is 10.3. The first-order valence-corrected chi connectivity index (χ1v) is 14.0. The van der Waals surface area contributed by atoms with Gasteiger partial charge in [-0.3, -0.25) is 4.79 Å². The normalized spacial score (nSPS) is 15.5. The number of rotatable bonds is 8. The van der Waals surface area contributed by atoms with Crippen molar-refractivity contribution in [3.63, 3.8) is 0 Å². The number of unbranched alkanes of at least 4 members (excludes halogenated alkanes) is 1. The third-order valence-corrected chi connectivity index (χ3v) is 8.92. The van der Waals surface area contributed by atoms with Gasteiger partial charge in [0.05, 0.1) is 22.1 Å². The highest BCUT2D eigenvalue weighted by atomic mass is 32.2. The fraction of sp³-hybridized carbons (Fsp3) is 0.478. The molecule has 4 rings (SSSR count). The third kappa shape index (κ3) is 5.37. The van der Waals surface area contributed by atoms with Crippen molar-refractivity contribution < 1.29 is 13.2 Å². The minimum atomic E-state index is -3.18. The molecule has 0 saturated carbocycles. The van der Waals surface area contributed by atoms with Crippen LogP contribution in [0.25, 0.3) is 5.82 Å². The van der Waals surface area contributed by atoms with Crippen LogP contribution in [0.2, 0.25) is 0 Å². The molecule has 3 aromatic rings. The summed E-state index contributed by atoms with van der Waals surface area (Å²) in [6, 6.07) is 5.51. The Balaban J connectivity index is 1.42. The molecule has 0 atom stereocenters. The van der Waals surface area contributed by atoms with E-state index in [0.29, 0.717) is 49.6 Å². The topological polar surface area (TPSA) is 110 Å². The van der Waals surface area contributed by atoms with Crippen molar-refractivity contribution >= 4 is 33.0 Å². The van der Waals surface area contributed by atoms with Gasteiger partial charge in [-0.25, -0.2) is 27.4 Å². The Morgan fingerprint density at radius 1 is 1.26 bits per heavy atom. The lowest BCUT2D eigenvalue weighted by Gasteiger charge is -2.30. The first-order chi connectivity index (χ1) is 16.3. The summed E-state index contributed by atoms with van der Waals surface area (Å²) in [7, 11) is -3.18. The maximum Gasteiger partial charge on any atom is 0.275 e. The second-order valence-corrected chi connectivity index (χ2v) is 11.6. The van der Waals surface area contributed by atoms with Gasteiger partial charge < -0.3 is 5.32 Å². The van der Waals surface area contributed by atoms with E-state index >= 15 is 0 Å². The Bertz CT molecular complexity index is 1260. The molecule has 3 aromatic heterocycles. The summed E-state index contributed by atoms with van der Waals surface area (Å²) in [4.78, 5) is 22.0. The van der Waals surface area contributed by atoms with Crippen molar-refractivity contribution in [3.8, 4) is 5.82 Å². The summed E-state index contributed by atoms with van der Waals surface area (Å²) in [6.45, 7) is 6.84. The SMILES string of the molecule is CCCCS(=O)(=O)N1CCC(c2nc(C(=O)Nc3cccnc3-n3nc(C)cc3C)cs2)CC1. The molecule has 4 heterocycles. The monoisotopic (exact) mass is 502 g/mol. The molecule has 0 radical (unpaired) electrons. The smallest absolute Gasteiger partial charge is 0.275 e. The fourth-order valence-corrected chi connectivity index (χ4v) is 6.76. The van der Waals surface area contributed by atoms with Gasteiger partial charge in [0.1, 0.15) is 5.69 Å². The van der Waals surface area contributed by atoms with E-state index in [0.717, 1.165) is 22.8 Å². The minimum absolute atomic E-state index is 0.160. The van der Waals surface area contributed by atoms with Crippen LogP contribution in [0.5, 0.6) is 0 Å². The lowest BCUT2D eigenvalue weighted by Crippen LogP contribution is -2.39. The number of nitrogens with zero attached hydrogens (tertiary/aromatic N) is 5. The summed E-state index contributed by atoms with van der Waals surface area (Å²) in [5.74, 6) is 0.614. The summed E-state index contributed by atoms with van der Waals surface area (Å²) < 4.78 is 28.2. The van der Waals surface area contributed by atoms with Crippen LogP contribution in [0.4, 0.5) is 5.69 Å². The van der Waals surface area contributed by atoms with E-state index in [4.69, 9.17) is 0 Å². The number of pyridine rings is 1. The first-order valence-electron chi connectivity index (χ1n) is 11.5. The van der Waals surface area contributed by atoms with Gasteiger partial charge in [-0.05, 0) is 51.3 Å². The predicted octanol–water partition coefficient (Wildman–Crippen LogP) is 3.90. The maximum atomic E-state index is 13.0. The zero-order valence-electron chi connectivity index (χ0n) is 19.7. The van der Waals surface area contributed by atoms with Crippen molar-refractivity contribution in [2.24, 2.45) is 0 Å². The van der Waals surface area contributed by atoms with Gasteiger partial charge in [0.2, 0.25) is 10.0 Å². The molecule has 0 aromatic carbocycles. The molecule has 1 fully saturated rings. The highest BCUT2D eigenvalue weighted by Crippen LogP contribution is 2.32. The molecule has 182 valence electrons. The number of hydrogen-bond donors (Lipinski definition) is 1. The van der Waals surface area contributed by atoms with Gasteiger partial charge in [0.15, 0.2) is 5.82 Å². The highest BCUT2D eigenvalue weighted by Gasteiger charge is 2.30. The molecule has 9 nitrogen and oxygen atoms in total. The lowest BCUT2D eigenvalue weighted by atomic mass is 9.99. The number of aromatic nitrogens is 4. The standard InChI is InChI=1S/C23H30N6O3S2/c1-4-5-13-34(31,32)28-11-8-18(9-12-28)23-26-20(15-33-23)22(30)25-19-7-6-10-24-21(19)29-17(3)14-16(2)27-29/h6-7,10,14-15,18H,4-5,8-9,11-13H2,1-3H3,(H,25,30). The van der Waals surface area contributed by atoms with Crippen molar-refractivity contribution in [1.29, 1.82) is 0 Å². The zero-order valence-corrected chi connectivity index (χ0v) is 21.3. The van der Waals surface area contributed by atoms with Crippen LogP contribution in [-0.2, 0) is 10.0 Å². The Kier molecular flexibility index (Phi) is 7.44. The Morgan fingerprint density at radius 3 is 2.71 bits per heavy atom. The molecule has 11 heteroatoms. The van der Waals surface area contributed by atoms with Crippen LogP contribution < -0.4 is 5.32 Å². The molecule has 1 aliphatic heterocycles. The number of carbonyl (C=O) groups is 1. The van der Waals surface area contributed by atoms with Crippen LogP contribution in [0.1, 0.15) is 65.4 Å². The second-order valence-electron chi connectivity index (χ2n) is 8.58. The number of nitrogens with one attached hydrogen (secondary N) is 1. The van der Waals surface area contributed by atoms with Crippen molar-refractivity contribution in [2.45, 2.75) is 52.4 Å². The van der Waals surface area contributed by atoms with Crippen LogP contribution in [0.3, 0.4) is 0 Å². The number of hydrogen-bond acceptors (Lipinski definition) is 7. The van der Waals surface area contributed by atoms with Gasteiger partial charge in [-0.1, -0.05) is 13.3 Å². The number of thiazole rings is 1. The number of anilines is 1. The maximum absolute atomic E-state index is 13.0. The van der Waals surface area contributed by atoms with Crippen molar-refractivity contribution in [2.75, 3.05) is 24.2 Å².